The Bertz CT molecular complexity index is 737. The molecule has 1 aromatic rings. The number of carbonyl (C=O) groups excluding carboxylic acids is 1. The summed E-state index contributed by atoms with van der Waals surface area (Å²) in [7, 11) is 4.21. The van der Waals surface area contributed by atoms with Crippen LogP contribution in [-0.4, -0.2) is 65.0 Å². The predicted octanol–water partition coefficient (Wildman–Crippen LogP) is 4.28. The van der Waals surface area contributed by atoms with Crippen molar-refractivity contribution < 1.29 is 24.6 Å². The molecule has 31 heavy (non-hydrogen) atoms. The quantitative estimate of drug-likeness (QED) is 0.349. The van der Waals surface area contributed by atoms with Gasteiger partial charge in [-0.3, -0.25) is 4.79 Å². The Hall–Kier alpha value is -2.09. The molecule has 1 amide bonds. The van der Waals surface area contributed by atoms with Crippen LogP contribution >= 0.6 is 23.2 Å². The van der Waals surface area contributed by atoms with E-state index in [0.717, 1.165) is 24.9 Å². The van der Waals surface area contributed by atoms with Gasteiger partial charge in [-0.2, -0.15) is 0 Å². The largest absolute Gasteiger partial charge is 0.478 e. The van der Waals surface area contributed by atoms with Gasteiger partial charge in [-0.05, 0) is 51.2 Å². The average Bonchev–Trinajstić information content (AvgIpc) is 2.95. The molecule has 2 atom stereocenters. The Morgan fingerprint density at radius 1 is 0.968 bits per heavy atom. The van der Waals surface area contributed by atoms with Crippen LogP contribution in [0.25, 0.3) is 0 Å². The van der Waals surface area contributed by atoms with E-state index in [9.17, 15) is 14.4 Å². The topological polar surface area (TPSA) is 98.2 Å². The molecule has 1 aliphatic rings. The van der Waals surface area contributed by atoms with Gasteiger partial charge in [0.05, 0.1) is 6.04 Å². The second-order valence-corrected chi connectivity index (χ2v) is 8.24. The maximum Gasteiger partial charge on any atom is 0.328 e. The third-order valence-electron chi connectivity index (χ3n) is 4.99. The number of rotatable bonds is 7. The van der Waals surface area contributed by atoms with Crippen molar-refractivity contribution in [1.82, 2.24) is 4.90 Å². The van der Waals surface area contributed by atoms with Gasteiger partial charge >= 0.3 is 11.9 Å². The molecule has 2 rings (SSSR count). The second-order valence-electron chi connectivity index (χ2n) is 7.43. The molecule has 0 aliphatic heterocycles. The summed E-state index contributed by atoms with van der Waals surface area (Å²) in [6.07, 6.45) is 7.24. The van der Waals surface area contributed by atoms with E-state index in [1.807, 2.05) is 29.2 Å². The number of likely N-dealkylation sites (N-methyl/N-ethyl adjacent to an activating group) is 1. The number of aliphatic carboxylic acids is 2. The SMILES string of the molecule is CN(C)C1CCCCCC1N(C(=O)CCCl)c1ccc(Cl)cc1.O=C(O)C=CC(=O)O. The number of hydrogen-bond donors (Lipinski definition) is 2. The van der Waals surface area contributed by atoms with Crippen molar-refractivity contribution in [1.29, 1.82) is 0 Å². The molecule has 1 fully saturated rings. The molecule has 0 aromatic heterocycles. The van der Waals surface area contributed by atoms with Crippen LogP contribution in [0.4, 0.5) is 5.69 Å². The number of nitrogens with zero attached hydrogens (tertiary/aromatic N) is 2. The molecule has 2 unspecified atom stereocenters. The fraction of sp³-hybridized carbons (Fsp3) is 0.500. The molecule has 0 spiro atoms. The van der Waals surface area contributed by atoms with Gasteiger partial charge in [0.25, 0.3) is 0 Å². The standard InChI is InChI=1S/C18H26Cl2N2O.C4H4O4/c1-21(2)16-6-4-3-5-7-17(16)22(18(23)12-13-19)15-10-8-14(20)9-11-15;5-3(6)1-2-4(7)8/h8-11,16-17H,3-7,12-13H2,1-2H3;1-2H,(H,5,6)(H,7,8). The van der Waals surface area contributed by atoms with Gasteiger partial charge in [-0.1, -0.05) is 30.9 Å². The number of hydrogen-bond acceptors (Lipinski definition) is 4. The Labute approximate surface area is 193 Å². The molecule has 1 aliphatic carbocycles. The summed E-state index contributed by atoms with van der Waals surface area (Å²) in [6, 6.07) is 8.12. The maximum atomic E-state index is 12.8. The summed E-state index contributed by atoms with van der Waals surface area (Å²) >= 11 is 11.9. The van der Waals surface area contributed by atoms with Crippen LogP contribution in [0.3, 0.4) is 0 Å². The second kappa shape index (κ2) is 14.1. The Morgan fingerprint density at radius 2 is 1.48 bits per heavy atom. The first-order valence-electron chi connectivity index (χ1n) is 10.1. The fourth-order valence-corrected chi connectivity index (χ4v) is 3.93. The lowest BCUT2D eigenvalue weighted by Crippen LogP contribution is -2.52. The first-order valence-corrected chi connectivity index (χ1v) is 11.0. The summed E-state index contributed by atoms with van der Waals surface area (Å²) in [5.41, 5.74) is 0.920. The number of carbonyl (C=O) groups is 3. The van der Waals surface area contributed by atoms with E-state index in [-0.39, 0.29) is 11.9 Å². The van der Waals surface area contributed by atoms with Crippen molar-refractivity contribution in [2.24, 2.45) is 0 Å². The first-order chi connectivity index (χ1) is 14.7. The lowest BCUT2D eigenvalue weighted by atomic mass is 9.98. The van der Waals surface area contributed by atoms with E-state index in [1.54, 1.807) is 0 Å². The average molecular weight is 473 g/mol. The number of amides is 1. The highest BCUT2D eigenvalue weighted by Crippen LogP contribution is 2.30. The number of alkyl halides is 1. The maximum absolute atomic E-state index is 12.8. The first kappa shape index (κ1) is 26.9. The Morgan fingerprint density at radius 3 is 1.94 bits per heavy atom. The van der Waals surface area contributed by atoms with Crippen LogP contribution in [0.2, 0.25) is 5.02 Å². The van der Waals surface area contributed by atoms with E-state index < -0.39 is 11.9 Å². The molecule has 0 radical (unpaired) electrons. The smallest absolute Gasteiger partial charge is 0.328 e. The molecule has 7 nitrogen and oxygen atoms in total. The van der Waals surface area contributed by atoms with Gasteiger partial charge in [0, 0.05) is 41.2 Å². The van der Waals surface area contributed by atoms with Gasteiger partial charge in [0.2, 0.25) is 5.91 Å². The number of carboxylic acid groups (broad SMARTS) is 2. The summed E-state index contributed by atoms with van der Waals surface area (Å²) in [5.74, 6) is -2.07. The van der Waals surface area contributed by atoms with Crippen LogP contribution in [0.5, 0.6) is 0 Å². The molecular weight excluding hydrogens is 443 g/mol. The van der Waals surface area contributed by atoms with Gasteiger partial charge < -0.3 is 20.0 Å². The minimum absolute atomic E-state index is 0.0982. The number of anilines is 1. The molecular formula is C22H30Cl2N2O5. The van der Waals surface area contributed by atoms with Gasteiger partial charge in [-0.15, -0.1) is 11.6 Å². The lowest BCUT2D eigenvalue weighted by Gasteiger charge is -2.39. The van der Waals surface area contributed by atoms with Crippen molar-refractivity contribution in [2.45, 2.75) is 50.6 Å². The predicted molar refractivity (Wildman–Crippen MR) is 123 cm³/mol. The number of benzene rings is 1. The van der Waals surface area contributed by atoms with Gasteiger partial charge in [-0.25, -0.2) is 9.59 Å². The highest BCUT2D eigenvalue weighted by Gasteiger charge is 2.33. The van der Waals surface area contributed by atoms with Crippen molar-refractivity contribution in [3.63, 3.8) is 0 Å². The highest BCUT2D eigenvalue weighted by atomic mass is 35.5. The Balaban J connectivity index is 0.000000512. The van der Waals surface area contributed by atoms with Crippen molar-refractivity contribution >= 4 is 46.7 Å². The van der Waals surface area contributed by atoms with Gasteiger partial charge in [0.15, 0.2) is 0 Å². The molecule has 0 heterocycles. The van der Waals surface area contributed by atoms with Crippen molar-refractivity contribution in [3.8, 4) is 0 Å². The van der Waals surface area contributed by atoms with Crippen LogP contribution in [0.1, 0.15) is 38.5 Å². The van der Waals surface area contributed by atoms with Crippen molar-refractivity contribution in [3.05, 3.63) is 41.4 Å². The molecule has 172 valence electrons. The molecule has 9 heteroatoms. The fourth-order valence-electron chi connectivity index (χ4n) is 3.64. The van der Waals surface area contributed by atoms with E-state index >= 15 is 0 Å². The van der Waals surface area contributed by atoms with Gasteiger partial charge in [0.1, 0.15) is 0 Å². The Kier molecular flexibility index (Phi) is 12.2. The molecule has 0 saturated heterocycles. The van der Waals surface area contributed by atoms with E-state index in [4.69, 9.17) is 33.4 Å². The number of carboxylic acids is 2. The third-order valence-corrected chi connectivity index (χ3v) is 5.43. The summed E-state index contributed by atoms with van der Waals surface area (Å²) in [6.45, 7) is 0. The minimum Gasteiger partial charge on any atom is -0.478 e. The normalized spacial score (nSPS) is 18.7. The lowest BCUT2D eigenvalue weighted by molar-refractivity contribution is -0.134. The molecule has 2 N–H and O–H groups in total. The van der Waals surface area contributed by atoms with E-state index in [2.05, 4.69) is 19.0 Å². The van der Waals surface area contributed by atoms with Crippen LogP contribution in [0, 0.1) is 0 Å². The zero-order valence-corrected chi connectivity index (χ0v) is 19.3. The van der Waals surface area contributed by atoms with Crippen LogP contribution in [-0.2, 0) is 14.4 Å². The van der Waals surface area contributed by atoms with E-state index in [1.165, 1.54) is 12.8 Å². The van der Waals surface area contributed by atoms with Crippen molar-refractivity contribution in [2.75, 3.05) is 24.9 Å². The van der Waals surface area contributed by atoms with E-state index in [0.29, 0.717) is 35.5 Å². The minimum atomic E-state index is -1.26. The highest BCUT2D eigenvalue weighted by molar-refractivity contribution is 6.30. The zero-order chi connectivity index (χ0) is 23.4. The zero-order valence-electron chi connectivity index (χ0n) is 17.8. The molecule has 0 bridgehead atoms. The molecule has 1 saturated carbocycles. The van der Waals surface area contributed by atoms with Crippen LogP contribution in [0.15, 0.2) is 36.4 Å². The summed E-state index contributed by atoms with van der Waals surface area (Å²) in [4.78, 5) is 36.1. The monoisotopic (exact) mass is 472 g/mol. The third kappa shape index (κ3) is 9.72. The summed E-state index contributed by atoms with van der Waals surface area (Å²) in [5, 5.41) is 16.3. The molecule has 1 aromatic carbocycles. The number of halogens is 2. The van der Waals surface area contributed by atoms with Crippen LogP contribution < -0.4 is 4.90 Å². The summed E-state index contributed by atoms with van der Waals surface area (Å²) < 4.78 is 0.